The summed E-state index contributed by atoms with van der Waals surface area (Å²) in [5.41, 5.74) is 1.73. The van der Waals surface area contributed by atoms with Gasteiger partial charge in [0.2, 0.25) is 11.8 Å². The first kappa shape index (κ1) is 61.5. The summed E-state index contributed by atoms with van der Waals surface area (Å²) in [4.78, 5) is 95.6. The predicted octanol–water partition coefficient (Wildman–Crippen LogP) is 6.55. The van der Waals surface area contributed by atoms with Gasteiger partial charge < -0.3 is 69.1 Å². The number of ether oxygens (including phenoxy) is 7. The van der Waals surface area contributed by atoms with Crippen molar-refractivity contribution in [1.29, 1.82) is 0 Å². The van der Waals surface area contributed by atoms with Crippen molar-refractivity contribution < 1.29 is 76.9 Å². The summed E-state index contributed by atoms with van der Waals surface area (Å²) in [5.74, 6) is -1.80. The van der Waals surface area contributed by atoms with Crippen molar-refractivity contribution in [1.82, 2.24) is 20.4 Å². The van der Waals surface area contributed by atoms with Crippen LogP contribution in [-0.4, -0.2) is 152 Å². The number of nitrogens with zero attached hydrogens (tertiary/aromatic N) is 2. The molecule has 428 valence electrons. The van der Waals surface area contributed by atoms with Gasteiger partial charge in [-0.2, -0.15) is 0 Å². The maximum Gasteiger partial charge on any atom is 0.412 e. The van der Waals surface area contributed by atoms with Gasteiger partial charge in [0.1, 0.15) is 30.9 Å². The quantitative estimate of drug-likeness (QED) is 0.0284. The van der Waals surface area contributed by atoms with Crippen LogP contribution in [0.25, 0.3) is 0 Å². The number of amides is 7. The fraction of sp³-hybridized carbons (Fsp3) is 0.446. The molecule has 23 nitrogen and oxygen atoms in total. The Morgan fingerprint density at radius 1 is 0.684 bits per heavy atom. The zero-order valence-corrected chi connectivity index (χ0v) is 46.0. The van der Waals surface area contributed by atoms with Crippen LogP contribution in [0.3, 0.4) is 0 Å². The summed E-state index contributed by atoms with van der Waals surface area (Å²) < 4.78 is 39.5. The number of hydrogen-bond donors (Lipinski definition) is 7. The fourth-order valence-electron chi connectivity index (χ4n) is 8.37. The topological polar surface area (TPSA) is 291 Å². The summed E-state index contributed by atoms with van der Waals surface area (Å²) >= 11 is 0. The van der Waals surface area contributed by atoms with Crippen molar-refractivity contribution in [2.75, 3.05) is 76.3 Å². The second-order valence-corrected chi connectivity index (χ2v) is 20.1. The Bertz CT molecular complexity index is 2740. The minimum Gasteiger partial charge on any atom is -0.493 e. The molecule has 5 rings (SSSR count). The van der Waals surface area contributed by atoms with Gasteiger partial charge in [-0.15, -0.1) is 0 Å². The highest BCUT2D eigenvalue weighted by atomic mass is 16.6. The van der Waals surface area contributed by atoms with Gasteiger partial charge in [0, 0.05) is 37.3 Å². The molecule has 3 aromatic rings. The Hall–Kier alpha value is -8.31. The molecule has 0 spiro atoms. The summed E-state index contributed by atoms with van der Waals surface area (Å²) in [6.07, 6.45) is -0.112. The van der Waals surface area contributed by atoms with Crippen LogP contribution in [0.1, 0.15) is 87.1 Å². The molecule has 2 fully saturated rings. The molecule has 7 amide bonds. The van der Waals surface area contributed by atoms with Crippen molar-refractivity contribution in [3.05, 3.63) is 102 Å². The van der Waals surface area contributed by atoms with Crippen molar-refractivity contribution in [2.45, 2.75) is 97.2 Å². The number of hydrogen-bond acceptors (Lipinski definition) is 16. The lowest BCUT2D eigenvalue weighted by molar-refractivity contribution is -0.128. The van der Waals surface area contributed by atoms with E-state index in [4.69, 9.17) is 33.2 Å². The van der Waals surface area contributed by atoms with E-state index in [9.17, 15) is 43.8 Å². The van der Waals surface area contributed by atoms with Gasteiger partial charge in [0.05, 0.1) is 75.2 Å². The lowest BCUT2D eigenvalue weighted by atomic mass is 10.0. The number of likely N-dealkylation sites (tertiary alicyclic amines) is 2. The van der Waals surface area contributed by atoms with Crippen LogP contribution < -0.4 is 45.5 Å². The molecule has 0 radical (unpaired) electrons. The SMILES string of the molecule is C=CCOC(=O)N[C@H](C(=O)N[C@@H](C)C(=O)Nc1ccc(COC(=O)Nc2cc(OCCCOc3cc(NC(=O)OC(C)(C)C)c(C(=O)N4CC(=C)C[C@H]4CO)cc3OC)c(OC)cc2C(=O)N2CC(=C)C[C@H]2CO)cc1)C(C)C. The Morgan fingerprint density at radius 3 is 1.65 bits per heavy atom. The number of carbonyl (C=O) groups excluding carboxylic acids is 7. The zero-order chi connectivity index (χ0) is 58.1. The van der Waals surface area contributed by atoms with E-state index in [1.54, 1.807) is 58.9 Å². The fourth-order valence-corrected chi connectivity index (χ4v) is 8.37. The highest BCUT2D eigenvalue weighted by Crippen LogP contribution is 2.38. The first-order chi connectivity index (χ1) is 37.5. The predicted molar refractivity (Wildman–Crippen MR) is 293 cm³/mol. The minimum absolute atomic E-state index is 0.00610. The van der Waals surface area contributed by atoms with Gasteiger partial charge in [-0.1, -0.05) is 62.9 Å². The number of anilines is 3. The number of benzene rings is 3. The molecule has 3 aromatic carbocycles. The van der Waals surface area contributed by atoms with Crippen molar-refractivity contribution in [3.8, 4) is 23.0 Å². The third-order valence-electron chi connectivity index (χ3n) is 12.3. The van der Waals surface area contributed by atoms with Crippen LogP contribution >= 0.6 is 0 Å². The molecule has 7 N–H and O–H groups in total. The number of nitrogens with one attached hydrogen (secondary N) is 5. The highest BCUT2D eigenvalue weighted by molar-refractivity contribution is 6.05. The summed E-state index contributed by atoms with van der Waals surface area (Å²) in [7, 11) is 2.78. The molecule has 0 bridgehead atoms. The van der Waals surface area contributed by atoms with Crippen LogP contribution in [0.15, 0.2) is 85.5 Å². The highest BCUT2D eigenvalue weighted by Gasteiger charge is 2.35. The molecule has 0 unspecified atom stereocenters. The number of methoxy groups -OCH3 is 2. The number of carbonyl (C=O) groups is 7. The van der Waals surface area contributed by atoms with Gasteiger partial charge in [-0.3, -0.25) is 29.8 Å². The Morgan fingerprint density at radius 2 is 1.19 bits per heavy atom. The third-order valence-corrected chi connectivity index (χ3v) is 12.3. The molecule has 0 aromatic heterocycles. The molecule has 2 aliphatic heterocycles. The Balaban J connectivity index is 1.27. The molecular formula is C56H73N7O16. The zero-order valence-electron chi connectivity index (χ0n) is 46.0. The lowest BCUT2D eigenvalue weighted by Crippen LogP contribution is -2.53. The number of rotatable bonds is 24. The number of aliphatic hydroxyl groups excluding tert-OH is 2. The normalized spacial score (nSPS) is 15.8. The average Bonchev–Trinajstić information content (AvgIpc) is 3.99. The van der Waals surface area contributed by atoms with Gasteiger partial charge in [-0.25, -0.2) is 14.4 Å². The largest absolute Gasteiger partial charge is 0.493 e. The van der Waals surface area contributed by atoms with E-state index in [0.29, 0.717) is 24.1 Å². The number of alkyl carbamates (subject to hydrolysis) is 1. The first-order valence-corrected chi connectivity index (χ1v) is 25.5. The van der Waals surface area contributed by atoms with E-state index in [-0.39, 0.29) is 111 Å². The van der Waals surface area contributed by atoms with Crippen molar-refractivity contribution in [2.24, 2.45) is 5.92 Å². The molecule has 0 saturated carbocycles. The van der Waals surface area contributed by atoms with Crippen molar-refractivity contribution in [3.63, 3.8) is 0 Å². The Labute approximate surface area is 459 Å². The van der Waals surface area contributed by atoms with Crippen LogP contribution in [-0.2, 0) is 30.4 Å². The molecule has 0 aliphatic carbocycles. The van der Waals surface area contributed by atoms with E-state index < -0.39 is 71.7 Å². The van der Waals surface area contributed by atoms with E-state index in [1.807, 2.05) is 0 Å². The maximum absolute atomic E-state index is 14.2. The monoisotopic (exact) mass is 1100 g/mol. The molecule has 4 atom stereocenters. The van der Waals surface area contributed by atoms with Crippen molar-refractivity contribution >= 4 is 59.0 Å². The summed E-state index contributed by atoms with van der Waals surface area (Å²) in [5, 5.41) is 33.2. The minimum atomic E-state index is -0.991. The maximum atomic E-state index is 14.2. The van der Waals surface area contributed by atoms with Crippen LogP contribution in [0.4, 0.5) is 31.4 Å². The molecule has 23 heteroatoms. The third kappa shape index (κ3) is 17.3. The van der Waals surface area contributed by atoms with Gasteiger partial charge >= 0.3 is 18.3 Å². The van der Waals surface area contributed by atoms with Crippen LogP contribution in [0, 0.1) is 5.92 Å². The standard InChI is InChI=1S/C56H73N7O16/c1-12-18-77-54(71)61-48(32(2)3)50(67)57-35(6)49(66)58-37-16-14-36(15-17-37)31-78-53(70)59-42-25-46(44(73-10)23-40(42)51(68)62-27-33(4)21-38(62)29-64)75-19-13-20-76-47-26-43(60-55(72)79-56(7,8)9)41(24-45(47)74-11)52(69)63-28-34(5)22-39(63)30-65/h12,14-17,23-26,32,35,38-39,48,64-65H,1,4-5,13,18-22,27-31H2,2-3,6-11H3,(H,57,67)(H,58,66)(H,59,70)(H,60,72)(H,61,71)/t35-,38-,39-,48-/m0/s1. The molecule has 2 saturated heterocycles. The summed E-state index contributed by atoms with van der Waals surface area (Å²) in [6, 6.07) is 9.06. The molecule has 2 aliphatic rings. The smallest absolute Gasteiger partial charge is 0.412 e. The Kier molecular flexibility index (Phi) is 22.1. The second-order valence-electron chi connectivity index (χ2n) is 20.1. The molecule has 79 heavy (non-hydrogen) atoms. The second kappa shape index (κ2) is 28.4. The van der Waals surface area contributed by atoms with E-state index in [1.165, 1.54) is 61.3 Å². The summed E-state index contributed by atoms with van der Waals surface area (Å²) in [6.45, 7) is 21.1. The van der Waals surface area contributed by atoms with E-state index in [2.05, 4.69) is 46.3 Å². The van der Waals surface area contributed by atoms with Gasteiger partial charge in [0.25, 0.3) is 11.8 Å². The molecule has 2 heterocycles. The van der Waals surface area contributed by atoms with Gasteiger partial charge in [0.15, 0.2) is 23.0 Å². The first-order valence-electron chi connectivity index (χ1n) is 25.5. The van der Waals surface area contributed by atoms with E-state index >= 15 is 0 Å². The average molecular weight is 1100 g/mol. The number of aliphatic hydroxyl groups is 2. The molecular weight excluding hydrogens is 1030 g/mol. The van der Waals surface area contributed by atoms with Crippen LogP contribution in [0.2, 0.25) is 0 Å². The van der Waals surface area contributed by atoms with Gasteiger partial charge in [-0.05, 0) is 76.3 Å². The van der Waals surface area contributed by atoms with Crippen LogP contribution in [0.5, 0.6) is 23.0 Å². The lowest BCUT2D eigenvalue weighted by Gasteiger charge is -2.25. The van der Waals surface area contributed by atoms with E-state index in [0.717, 1.165) is 11.1 Å².